The lowest BCUT2D eigenvalue weighted by atomic mass is 10.1. The maximum Gasteiger partial charge on any atom is 0.272 e. The summed E-state index contributed by atoms with van der Waals surface area (Å²) in [6.45, 7) is 1.27. The number of rotatable bonds is 1. The number of fused-ring (bicyclic) bond motifs is 1. The lowest BCUT2D eigenvalue weighted by Crippen LogP contribution is -2.37. The van der Waals surface area contributed by atoms with Crippen LogP contribution in [0.5, 0.6) is 0 Å². The molecule has 2 aromatic rings. The predicted octanol–water partition coefficient (Wildman–Crippen LogP) is 1.78. The summed E-state index contributed by atoms with van der Waals surface area (Å²) in [7, 11) is 1.95. The summed E-state index contributed by atoms with van der Waals surface area (Å²) in [5.74, 6) is -0.0245. The maximum atomic E-state index is 12.3. The average molecular weight is 321 g/mol. The zero-order valence-electron chi connectivity index (χ0n) is 10.5. The fourth-order valence-corrected chi connectivity index (χ4v) is 2.71. The largest absolute Gasteiger partial charge is 0.331 e. The molecule has 0 bridgehead atoms. The van der Waals surface area contributed by atoms with E-state index >= 15 is 0 Å². The normalized spacial score (nSPS) is 14.3. The van der Waals surface area contributed by atoms with Crippen molar-refractivity contribution in [3.8, 4) is 0 Å². The fraction of sp³-hybridized carbons (Fsp3) is 0.308. The molecule has 0 atom stereocenters. The van der Waals surface area contributed by atoms with E-state index in [9.17, 15) is 4.79 Å². The van der Waals surface area contributed by atoms with Gasteiger partial charge in [0.05, 0.1) is 17.9 Å². The van der Waals surface area contributed by atoms with Gasteiger partial charge in [-0.3, -0.25) is 9.78 Å². The molecule has 0 radical (unpaired) electrons. The van der Waals surface area contributed by atoms with Gasteiger partial charge in [-0.05, 0) is 28.1 Å². The van der Waals surface area contributed by atoms with Crippen molar-refractivity contribution in [1.29, 1.82) is 0 Å². The van der Waals surface area contributed by atoms with Crippen molar-refractivity contribution in [2.45, 2.75) is 13.0 Å². The van der Waals surface area contributed by atoms with Crippen LogP contribution in [0.2, 0.25) is 0 Å². The molecule has 3 rings (SSSR count). The first kappa shape index (κ1) is 12.3. The molecule has 0 fully saturated rings. The second kappa shape index (κ2) is 4.77. The SMILES string of the molecule is Cn1c(Br)nc2c1CN(C(=O)c1ccccn1)CC2. The van der Waals surface area contributed by atoms with Gasteiger partial charge in [0.15, 0.2) is 4.73 Å². The van der Waals surface area contributed by atoms with Crippen molar-refractivity contribution >= 4 is 21.8 Å². The zero-order chi connectivity index (χ0) is 13.4. The molecule has 19 heavy (non-hydrogen) atoms. The minimum Gasteiger partial charge on any atom is -0.331 e. The van der Waals surface area contributed by atoms with Crippen LogP contribution in [0.1, 0.15) is 21.9 Å². The molecule has 0 saturated heterocycles. The Hall–Kier alpha value is -1.69. The first-order chi connectivity index (χ1) is 9.16. The minimum atomic E-state index is -0.0245. The van der Waals surface area contributed by atoms with E-state index in [4.69, 9.17) is 0 Å². The summed E-state index contributed by atoms with van der Waals surface area (Å²) in [5.41, 5.74) is 2.65. The number of hydrogen-bond acceptors (Lipinski definition) is 3. The molecule has 0 N–H and O–H groups in total. The van der Waals surface area contributed by atoms with Crippen LogP contribution in [0, 0.1) is 0 Å². The van der Waals surface area contributed by atoms with Crippen LogP contribution < -0.4 is 0 Å². The van der Waals surface area contributed by atoms with Crippen molar-refractivity contribution in [3.05, 3.63) is 46.2 Å². The van der Waals surface area contributed by atoms with Gasteiger partial charge in [-0.25, -0.2) is 4.98 Å². The van der Waals surface area contributed by atoms with E-state index in [1.165, 1.54) is 0 Å². The summed E-state index contributed by atoms with van der Waals surface area (Å²) >= 11 is 3.41. The first-order valence-electron chi connectivity index (χ1n) is 6.07. The van der Waals surface area contributed by atoms with E-state index in [0.29, 0.717) is 18.8 Å². The van der Waals surface area contributed by atoms with Crippen LogP contribution in [-0.2, 0) is 20.0 Å². The molecule has 3 heterocycles. The molecule has 0 aliphatic carbocycles. The van der Waals surface area contributed by atoms with Gasteiger partial charge in [0.2, 0.25) is 0 Å². The first-order valence-corrected chi connectivity index (χ1v) is 6.86. The van der Waals surface area contributed by atoms with Gasteiger partial charge in [-0.15, -0.1) is 0 Å². The van der Waals surface area contributed by atoms with E-state index in [1.54, 1.807) is 12.3 Å². The Morgan fingerprint density at radius 1 is 1.42 bits per heavy atom. The second-order valence-corrected chi connectivity index (χ2v) is 5.23. The quantitative estimate of drug-likeness (QED) is 0.804. The van der Waals surface area contributed by atoms with Gasteiger partial charge in [0.25, 0.3) is 5.91 Å². The highest BCUT2D eigenvalue weighted by atomic mass is 79.9. The van der Waals surface area contributed by atoms with Gasteiger partial charge in [-0.2, -0.15) is 0 Å². The van der Waals surface area contributed by atoms with Crippen LogP contribution in [0.15, 0.2) is 29.1 Å². The number of amides is 1. The van der Waals surface area contributed by atoms with E-state index in [0.717, 1.165) is 22.5 Å². The van der Waals surface area contributed by atoms with Gasteiger partial charge < -0.3 is 9.47 Å². The van der Waals surface area contributed by atoms with Crippen LogP contribution in [0.3, 0.4) is 0 Å². The highest BCUT2D eigenvalue weighted by molar-refractivity contribution is 9.10. The number of hydrogen-bond donors (Lipinski definition) is 0. The van der Waals surface area contributed by atoms with E-state index in [2.05, 4.69) is 25.9 Å². The monoisotopic (exact) mass is 320 g/mol. The molecular formula is C13H13BrN4O. The molecule has 1 aliphatic rings. The Balaban J connectivity index is 1.86. The maximum absolute atomic E-state index is 12.3. The van der Waals surface area contributed by atoms with E-state index < -0.39 is 0 Å². The smallest absolute Gasteiger partial charge is 0.272 e. The predicted molar refractivity (Wildman–Crippen MR) is 73.6 cm³/mol. The molecule has 0 saturated carbocycles. The van der Waals surface area contributed by atoms with Crippen LogP contribution in [-0.4, -0.2) is 31.9 Å². The molecule has 5 nitrogen and oxygen atoms in total. The lowest BCUT2D eigenvalue weighted by Gasteiger charge is -2.26. The summed E-state index contributed by atoms with van der Waals surface area (Å²) in [6.07, 6.45) is 2.43. The number of imidazole rings is 1. The van der Waals surface area contributed by atoms with Gasteiger partial charge in [-0.1, -0.05) is 6.07 Å². The van der Waals surface area contributed by atoms with Crippen molar-refractivity contribution < 1.29 is 4.79 Å². The van der Waals surface area contributed by atoms with Crippen LogP contribution >= 0.6 is 15.9 Å². The van der Waals surface area contributed by atoms with Gasteiger partial charge in [0, 0.05) is 26.2 Å². The van der Waals surface area contributed by atoms with E-state index in [-0.39, 0.29) is 5.91 Å². The molecule has 6 heteroatoms. The number of carbonyl (C=O) groups is 1. The van der Waals surface area contributed by atoms with Gasteiger partial charge in [0.1, 0.15) is 5.69 Å². The third-order valence-electron chi connectivity index (χ3n) is 3.37. The molecule has 0 aromatic carbocycles. The number of nitrogens with zero attached hydrogens (tertiary/aromatic N) is 4. The Morgan fingerprint density at radius 3 is 3.00 bits per heavy atom. The van der Waals surface area contributed by atoms with Crippen LogP contribution in [0.25, 0.3) is 0 Å². The minimum absolute atomic E-state index is 0.0245. The van der Waals surface area contributed by atoms with E-state index in [1.807, 2.05) is 28.6 Å². The molecular weight excluding hydrogens is 308 g/mol. The highest BCUT2D eigenvalue weighted by Crippen LogP contribution is 2.22. The van der Waals surface area contributed by atoms with Crippen molar-refractivity contribution in [3.63, 3.8) is 0 Å². The van der Waals surface area contributed by atoms with Crippen molar-refractivity contribution in [2.24, 2.45) is 7.05 Å². The molecule has 0 unspecified atom stereocenters. The summed E-state index contributed by atoms with van der Waals surface area (Å²) in [4.78, 5) is 22.7. The summed E-state index contributed by atoms with van der Waals surface area (Å²) in [5, 5.41) is 0. The molecule has 1 aliphatic heterocycles. The zero-order valence-corrected chi connectivity index (χ0v) is 12.1. The number of pyridine rings is 1. The molecule has 98 valence electrons. The number of halogens is 1. The molecule has 1 amide bonds. The third kappa shape index (κ3) is 2.16. The molecule has 0 spiro atoms. The standard InChI is InChI=1S/C13H13BrN4O/c1-17-11-8-18(7-5-9(11)16-13(17)14)12(19)10-4-2-3-6-15-10/h2-4,6H,5,7-8H2,1H3. The van der Waals surface area contributed by atoms with Crippen LogP contribution in [0.4, 0.5) is 0 Å². The van der Waals surface area contributed by atoms with Crippen molar-refractivity contribution in [1.82, 2.24) is 19.4 Å². The highest BCUT2D eigenvalue weighted by Gasteiger charge is 2.26. The average Bonchev–Trinajstić information content (AvgIpc) is 2.74. The fourth-order valence-electron chi connectivity index (χ4n) is 2.28. The Morgan fingerprint density at radius 2 is 2.26 bits per heavy atom. The summed E-state index contributed by atoms with van der Waals surface area (Å²) < 4.78 is 2.79. The number of carbonyl (C=O) groups excluding carboxylic acids is 1. The summed E-state index contributed by atoms with van der Waals surface area (Å²) in [6, 6.07) is 5.39. The Bertz CT molecular complexity index is 623. The Labute approximate surface area is 119 Å². The Kier molecular flexibility index (Phi) is 3.10. The number of aromatic nitrogens is 3. The molecule has 2 aromatic heterocycles. The second-order valence-electron chi connectivity index (χ2n) is 4.52. The van der Waals surface area contributed by atoms with Crippen molar-refractivity contribution in [2.75, 3.05) is 6.54 Å². The van der Waals surface area contributed by atoms with Gasteiger partial charge >= 0.3 is 0 Å². The topological polar surface area (TPSA) is 51.0 Å². The third-order valence-corrected chi connectivity index (χ3v) is 4.08. The lowest BCUT2D eigenvalue weighted by molar-refractivity contribution is 0.0724.